The first kappa shape index (κ1) is 13.7. The van der Waals surface area contributed by atoms with Crippen LogP contribution in [0.3, 0.4) is 0 Å². The second-order valence-corrected chi connectivity index (χ2v) is 4.90. The van der Waals surface area contributed by atoms with E-state index in [1.54, 1.807) is 21.9 Å². The van der Waals surface area contributed by atoms with Gasteiger partial charge in [0.1, 0.15) is 0 Å². The maximum Gasteiger partial charge on any atom is 0.293 e. The number of aliphatic hydroxyl groups excluding tert-OH is 1. The summed E-state index contributed by atoms with van der Waals surface area (Å²) in [5.74, 6) is 0.402. The van der Waals surface area contributed by atoms with E-state index in [2.05, 4.69) is 4.98 Å². The Balaban J connectivity index is 3.23. The van der Waals surface area contributed by atoms with Crippen molar-refractivity contribution in [2.75, 3.05) is 24.6 Å². The van der Waals surface area contributed by atoms with Gasteiger partial charge in [0.05, 0.1) is 6.61 Å². The van der Waals surface area contributed by atoms with E-state index in [-0.39, 0.29) is 17.7 Å². The summed E-state index contributed by atoms with van der Waals surface area (Å²) in [7, 11) is 0. The van der Waals surface area contributed by atoms with Crippen LogP contribution in [0.5, 0.6) is 0 Å². The molecule has 0 aliphatic carbocycles. The summed E-state index contributed by atoms with van der Waals surface area (Å²) in [6, 6.07) is 0. The zero-order valence-corrected chi connectivity index (χ0v) is 11.0. The fraction of sp³-hybridized carbons (Fsp3) is 0.667. The van der Waals surface area contributed by atoms with E-state index >= 15 is 0 Å². The molecule has 5 nitrogen and oxygen atoms in total. The topological polar surface area (TPSA) is 58.4 Å². The van der Waals surface area contributed by atoms with E-state index < -0.39 is 0 Å². The van der Waals surface area contributed by atoms with E-state index in [1.165, 1.54) is 0 Å². The standard InChI is InChI=1S/C12H21N3O2/c1-5-14(8-9-16)10-11(17)15(7-6-13-10)12(2,3)4/h6-7,16H,5,8-9H2,1-4H3. The molecule has 0 bridgehead atoms. The Bertz CT molecular complexity index is 420. The third kappa shape index (κ3) is 3.06. The summed E-state index contributed by atoms with van der Waals surface area (Å²) in [4.78, 5) is 18.2. The van der Waals surface area contributed by atoms with Crippen molar-refractivity contribution < 1.29 is 5.11 Å². The SMILES string of the molecule is CCN(CCO)c1nccn(C(C)(C)C)c1=O. The van der Waals surface area contributed by atoms with Crippen molar-refractivity contribution in [3.05, 3.63) is 22.7 Å². The fourth-order valence-electron chi connectivity index (χ4n) is 1.68. The lowest BCUT2D eigenvalue weighted by atomic mass is 10.1. The van der Waals surface area contributed by atoms with Crippen molar-refractivity contribution in [1.82, 2.24) is 9.55 Å². The maximum atomic E-state index is 12.3. The van der Waals surface area contributed by atoms with E-state index in [0.29, 0.717) is 18.9 Å². The summed E-state index contributed by atoms with van der Waals surface area (Å²) in [6.45, 7) is 8.94. The highest BCUT2D eigenvalue weighted by Crippen LogP contribution is 2.12. The van der Waals surface area contributed by atoms with E-state index in [1.807, 2.05) is 27.7 Å². The third-order valence-corrected chi connectivity index (χ3v) is 2.60. The molecule has 0 aliphatic heterocycles. The Kier molecular flexibility index (Phi) is 4.28. The van der Waals surface area contributed by atoms with Crippen LogP contribution >= 0.6 is 0 Å². The lowest BCUT2D eigenvalue weighted by Gasteiger charge is -2.25. The van der Waals surface area contributed by atoms with Crippen LogP contribution in [0, 0.1) is 0 Å². The monoisotopic (exact) mass is 239 g/mol. The molecule has 1 aromatic rings. The number of aromatic nitrogens is 2. The molecule has 96 valence electrons. The van der Waals surface area contributed by atoms with Crippen molar-refractivity contribution in [1.29, 1.82) is 0 Å². The Morgan fingerprint density at radius 3 is 2.59 bits per heavy atom. The molecule has 1 aromatic heterocycles. The molecule has 0 fully saturated rings. The minimum absolute atomic E-state index is 0.0133. The zero-order valence-electron chi connectivity index (χ0n) is 11.0. The number of likely N-dealkylation sites (N-methyl/N-ethyl adjacent to an activating group) is 1. The second-order valence-electron chi connectivity index (χ2n) is 4.90. The van der Waals surface area contributed by atoms with Crippen molar-refractivity contribution in [3.8, 4) is 0 Å². The highest BCUT2D eigenvalue weighted by atomic mass is 16.3. The zero-order chi connectivity index (χ0) is 13.1. The van der Waals surface area contributed by atoms with Crippen LogP contribution < -0.4 is 10.5 Å². The van der Waals surface area contributed by atoms with Crippen LogP contribution in [0.25, 0.3) is 0 Å². The van der Waals surface area contributed by atoms with E-state index in [9.17, 15) is 4.79 Å². The summed E-state index contributed by atoms with van der Waals surface area (Å²) in [5, 5.41) is 8.97. The molecule has 1 heterocycles. The number of nitrogens with zero attached hydrogens (tertiary/aromatic N) is 3. The molecule has 17 heavy (non-hydrogen) atoms. The molecule has 1 N–H and O–H groups in total. The van der Waals surface area contributed by atoms with Gasteiger partial charge in [0.25, 0.3) is 5.56 Å². The molecular formula is C12H21N3O2. The molecule has 0 amide bonds. The van der Waals surface area contributed by atoms with Gasteiger partial charge in [0.15, 0.2) is 5.82 Å². The van der Waals surface area contributed by atoms with Gasteiger partial charge < -0.3 is 14.6 Å². The van der Waals surface area contributed by atoms with Crippen molar-refractivity contribution in [3.63, 3.8) is 0 Å². The quantitative estimate of drug-likeness (QED) is 0.845. The molecule has 5 heteroatoms. The molecule has 1 rings (SSSR count). The number of hydrogen-bond acceptors (Lipinski definition) is 4. The maximum absolute atomic E-state index is 12.3. The van der Waals surface area contributed by atoms with Crippen LogP contribution in [-0.4, -0.2) is 34.4 Å². The molecule has 0 aliphatic rings. The van der Waals surface area contributed by atoms with Crippen LogP contribution in [0.15, 0.2) is 17.2 Å². The van der Waals surface area contributed by atoms with Gasteiger partial charge >= 0.3 is 0 Å². The molecule has 0 unspecified atom stereocenters. The normalized spacial score (nSPS) is 11.6. The highest BCUT2D eigenvalue weighted by Gasteiger charge is 2.18. The first-order valence-corrected chi connectivity index (χ1v) is 5.85. The van der Waals surface area contributed by atoms with Gasteiger partial charge in [-0.2, -0.15) is 0 Å². The van der Waals surface area contributed by atoms with Gasteiger partial charge in [-0.1, -0.05) is 0 Å². The molecule has 0 radical (unpaired) electrons. The van der Waals surface area contributed by atoms with Crippen LogP contribution in [-0.2, 0) is 5.54 Å². The van der Waals surface area contributed by atoms with Crippen molar-refractivity contribution in [2.45, 2.75) is 33.2 Å². The van der Waals surface area contributed by atoms with Gasteiger partial charge in [-0.25, -0.2) is 4.98 Å². The summed E-state index contributed by atoms with van der Waals surface area (Å²) >= 11 is 0. The lowest BCUT2D eigenvalue weighted by molar-refractivity contribution is 0.301. The van der Waals surface area contributed by atoms with Gasteiger partial charge in [-0.05, 0) is 27.7 Å². The smallest absolute Gasteiger partial charge is 0.293 e. The first-order valence-electron chi connectivity index (χ1n) is 5.85. The Morgan fingerprint density at radius 1 is 1.47 bits per heavy atom. The van der Waals surface area contributed by atoms with E-state index in [0.717, 1.165) is 0 Å². The number of aliphatic hydroxyl groups is 1. The van der Waals surface area contributed by atoms with Crippen LogP contribution in [0.2, 0.25) is 0 Å². The summed E-state index contributed by atoms with van der Waals surface area (Å²) in [5.41, 5.74) is -0.386. The molecule has 0 spiro atoms. The van der Waals surface area contributed by atoms with Gasteiger partial charge in [-0.3, -0.25) is 4.79 Å². The van der Waals surface area contributed by atoms with Crippen LogP contribution in [0.4, 0.5) is 5.82 Å². The molecule has 0 saturated carbocycles. The van der Waals surface area contributed by atoms with Crippen molar-refractivity contribution >= 4 is 5.82 Å². The Morgan fingerprint density at radius 2 is 2.12 bits per heavy atom. The minimum Gasteiger partial charge on any atom is -0.395 e. The number of hydrogen-bond donors (Lipinski definition) is 1. The van der Waals surface area contributed by atoms with Gasteiger partial charge in [0, 0.05) is 31.0 Å². The molecular weight excluding hydrogens is 218 g/mol. The highest BCUT2D eigenvalue weighted by molar-refractivity contribution is 5.35. The van der Waals surface area contributed by atoms with Gasteiger partial charge in [-0.15, -0.1) is 0 Å². The van der Waals surface area contributed by atoms with E-state index in [4.69, 9.17) is 5.11 Å². The number of rotatable bonds is 4. The van der Waals surface area contributed by atoms with Gasteiger partial charge in [0.2, 0.25) is 0 Å². The number of anilines is 1. The second kappa shape index (κ2) is 5.31. The lowest BCUT2D eigenvalue weighted by Crippen LogP contribution is -2.39. The van der Waals surface area contributed by atoms with Crippen molar-refractivity contribution in [2.24, 2.45) is 0 Å². The first-order chi connectivity index (χ1) is 7.91. The molecule has 0 aromatic carbocycles. The third-order valence-electron chi connectivity index (χ3n) is 2.60. The average molecular weight is 239 g/mol. The largest absolute Gasteiger partial charge is 0.395 e. The Labute approximate surface area is 102 Å². The summed E-state index contributed by atoms with van der Waals surface area (Å²) < 4.78 is 1.66. The molecule has 0 saturated heterocycles. The van der Waals surface area contributed by atoms with Crippen LogP contribution in [0.1, 0.15) is 27.7 Å². The summed E-state index contributed by atoms with van der Waals surface area (Å²) in [6.07, 6.45) is 3.32. The Hall–Kier alpha value is -1.36. The molecule has 0 atom stereocenters. The average Bonchev–Trinajstić information content (AvgIpc) is 2.25. The fourth-order valence-corrected chi connectivity index (χ4v) is 1.68. The predicted molar refractivity (Wildman–Crippen MR) is 68.5 cm³/mol. The minimum atomic E-state index is -0.270. The predicted octanol–water partition coefficient (Wildman–Crippen LogP) is 0.817.